The second kappa shape index (κ2) is 7.60. The molecule has 0 spiro atoms. The summed E-state index contributed by atoms with van der Waals surface area (Å²) in [5.74, 6) is 1.47. The molecule has 0 bridgehead atoms. The van der Waals surface area contributed by atoms with Crippen LogP contribution in [0.2, 0.25) is 0 Å². The molecule has 0 saturated carbocycles. The van der Waals surface area contributed by atoms with Gasteiger partial charge in [0.2, 0.25) is 5.95 Å². The van der Waals surface area contributed by atoms with E-state index in [4.69, 9.17) is 4.98 Å². The Hall–Kier alpha value is -2.49. The van der Waals surface area contributed by atoms with E-state index in [0.29, 0.717) is 5.92 Å². The lowest BCUT2D eigenvalue weighted by molar-refractivity contribution is 0.537. The van der Waals surface area contributed by atoms with Crippen LogP contribution in [0.25, 0.3) is 11.0 Å². The summed E-state index contributed by atoms with van der Waals surface area (Å²) >= 11 is 0. The van der Waals surface area contributed by atoms with E-state index >= 15 is 0 Å². The van der Waals surface area contributed by atoms with Gasteiger partial charge in [-0.2, -0.15) is 0 Å². The highest BCUT2D eigenvalue weighted by Gasteiger charge is 2.12. The number of nitrogens with zero attached hydrogens (tertiary/aromatic N) is 3. The third-order valence-corrected chi connectivity index (χ3v) is 4.45. The number of hydrogen-bond acceptors (Lipinski definition) is 3. The Morgan fingerprint density at radius 2 is 1.68 bits per heavy atom. The van der Waals surface area contributed by atoms with Crippen molar-refractivity contribution in [1.29, 1.82) is 0 Å². The van der Waals surface area contributed by atoms with Gasteiger partial charge in [-0.1, -0.05) is 26.0 Å². The van der Waals surface area contributed by atoms with Crippen molar-refractivity contribution in [2.45, 2.75) is 34.2 Å². The van der Waals surface area contributed by atoms with Crippen molar-refractivity contribution < 1.29 is 0 Å². The average Bonchev–Trinajstić information content (AvgIpc) is 2.94. The second-order valence-electron chi connectivity index (χ2n) is 6.77. The molecule has 1 aromatic heterocycles. The molecule has 132 valence electrons. The van der Waals surface area contributed by atoms with Gasteiger partial charge in [-0.15, -0.1) is 0 Å². The van der Waals surface area contributed by atoms with Crippen LogP contribution >= 0.6 is 0 Å². The van der Waals surface area contributed by atoms with E-state index in [1.807, 2.05) is 6.07 Å². The van der Waals surface area contributed by atoms with Crippen LogP contribution in [0.5, 0.6) is 0 Å². The van der Waals surface area contributed by atoms with Crippen molar-refractivity contribution in [3.63, 3.8) is 0 Å². The number of hydrogen-bond donors (Lipinski definition) is 1. The first-order valence-electron chi connectivity index (χ1n) is 9.19. The van der Waals surface area contributed by atoms with Gasteiger partial charge in [-0.05, 0) is 56.2 Å². The fraction of sp³-hybridized carbons (Fsp3) is 0.381. The third-order valence-electron chi connectivity index (χ3n) is 4.45. The molecule has 0 saturated heterocycles. The zero-order valence-corrected chi connectivity index (χ0v) is 15.7. The molecule has 0 aliphatic heterocycles. The number of fused-ring (bicyclic) bond motifs is 1. The van der Waals surface area contributed by atoms with Gasteiger partial charge in [0.15, 0.2) is 0 Å². The summed E-state index contributed by atoms with van der Waals surface area (Å²) in [4.78, 5) is 7.14. The van der Waals surface area contributed by atoms with Crippen LogP contribution in [0.4, 0.5) is 17.3 Å². The molecule has 0 aliphatic carbocycles. The fourth-order valence-electron chi connectivity index (χ4n) is 3.19. The number of benzene rings is 2. The zero-order chi connectivity index (χ0) is 17.8. The van der Waals surface area contributed by atoms with Crippen LogP contribution in [-0.2, 0) is 6.54 Å². The van der Waals surface area contributed by atoms with Crippen LogP contribution < -0.4 is 10.2 Å². The molecule has 0 atom stereocenters. The minimum Gasteiger partial charge on any atom is -0.372 e. The van der Waals surface area contributed by atoms with Crippen molar-refractivity contribution in [1.82, 2.24) is 9.55 Å². The summed E-state index contributed by atoms with van der Waals surface area (Å²) < 4.78 is 2.28. The molecule has 4 heteroatoms. The van der Waals surface area contributed by atoms with Crippen molar-refractivity contribution >= 4 is 28.4 Å². The minimum absolute atomic E-state index is 0.559. The summed E-state index contributed by atoms with van der Waals surface area (Å²) in [5.41, 5.74) is 4.53. The number of nitrogens with one attached hydrogen (secondary N) is 1. The Balaban J connectivity index is 1.89. The Morgan fingerprint density at radius 1 is 1.00 bits per heavy atom. The highest BCUT2D eigenvalue weighted by atomic mass is 15.2. The highest BCUT2D eigenvalue weighted by Crippen LogP contribution is 2.25. The maximum Gasteiger partial charge on any atom is 0.208 e. The molecule has 0 fully saturated rings. The van der Waals surface area contributed by atoms with Gasteiger partial charge in [-0.3, -0.25) is 0 Å². The molecule has 3 aromatic rings. The largest absolute Gasteiger partial charge is 0.372 e. The average molecular weight is 336 g/mol. The van der Waals surface area contributed by atoms with Crippen LogP contribution in [0.15, 0.2) is 48.5 Å². The lowest BCUT2D eigenvalue weighted by Gasteiger charge is -2.21. The van der Waals surface area contributed by atoms with E-state index in [9.17, 15) is 0 Å². The Kier molecular flexibility index (Phi) is 5.27. The third kappa shape index (κ3) is 3.78. The van der Waals surface area contributed by atoms with Gasteiger partial charge in [0.05, 0.1) is 11.0 Å². The second-order valence-corrected chi connectivity index (χ2v) is 6.77. The topological polar surface area (TPSA) is 33.1 Å². The maximum absolute atomic E-state index is 4.79. The van der Waals surface area contributed by atoms with Crippen molar-refractivity contribution in [2.75, 3.05) is 23.3 Å². The van der Waals surface area contributed by atoms with Crippen molar-refractivity contribution in [3.05, 3.63) is 48.5 Å². The van der Waals surface area contributed by atoms with Gasteiger partial charge in [0, 0.05) is 31.0 Å². The van der Waals surface area contributed by atoms with Crippen molar-refractivity contribution in [3.8, 4) is 0 Å². The number of imidazole rings is 1. The number of para-hydroxylation sites is 2. The molecule has 3 rings (SSSR count). The lowest BCUT2D eigenvalue weighted by Crippen LogP contribution is -2.21. The molecular weight excluding hydrogens is 308 g/mol. The molecule has 0 aliphatic rings. The molecule has 1 N–H and O–H groups in total. The predicted molar refractivity (Wildman–Crippen MR) is 108 cm³/mol. The number of aromatic nitrogens is 2. The normalized spacial score (nSPS) is 11.2. The van der Waals surface area contributed by atoms with E-state index in [0.717, 1.165) is 36.8 Å². The zero-order valence-electron chi connectivity index (χ0n) is 15.7. The van der Waals surface area contributed by atoms with Crippen LogP contribution in [-0.4, -0.2) is 22.6 Å². The van der Waals surface area contributed by atoms with Gasteiger partial charge in [0.1, 0.15) is 0 Å². The smallest absolute Gasteiger partial charge is 0.208 e. The molecular formula is C21H28N4. The summed E-state index contributed by atoms with van der Waals surface area (Å²) in [5, 5.41) is 3.50. The lowest BCUT2D eigenvalue weighted by atomic mass is 10.2. The minimum atomic E-state index is 0.559. The predicted octanol–water partition coefficient (Wildman–Crippen LogP) is 5.28. The first-order valence-corrected chi connectivity index (χ1v) is 9.19. The van der Waals surface area contributed by atoms with Crippen LogP contribution in [0.1, 0.15) is 27.7 Å². The summed E-state index contributed by atoms with van der Waals surface area (Å²) in [6, 6.07) is 16.9. The molecule has 0 radical (unpaired) electrons. The molecule has 0 amide bonds. The Morgan fingerprint density at radius 3 is 2.32 bits per heavy atom. The van der Waals surface area contributed by atoms with E-state index in [1.165, 1.54) is 11.2 Å². The Labute approximate surface area is 150 Å². The number of rotatable bonds is 7. The van der Waals surface area contributed by atoms with Crippen molar-refractivity contribution in [2.24, 2.45) is 5.92 Å². The summed E-state index contributed by atoms with van der Waals surface area (Å²) in [6.07, 6.45) is 0. The van der Waals surface area contributed by atoms with E-state index in [1.54, 1.807) is 0 Å². The van der Waals surface area contributed by atoms with E-state index in [2.05, 4.69) is 84.9 Å². The van der Waals surface area contributed by atoms with Gasteiger partial charge in [-0.25, -0.2) is 4.98 Å². The SMILES string of the molecule is CCN(CC)c1ccc(Nc2nc3ccccc3n2CC(C)C)cc1. The van der Waals surface area contributed by atoms with Gasteiger partial charge in [0.25, 0.3) is 0 Å². The van der Waals surface area contributed by atoms with Gasteiger partial charge >= 0.3 is 0 Å². The monoisotopic (exact) mass is 336 g/mol. The first-order chi connectivity index (χ1) is 12.1. The quantitative estimate of drug-likeness (QED) is 0.637. The molecule has 25 heavy (non-hydrogen) atoms. The van der Waals surface area contributed by atoms with E-state index < -0.39 is 0 Å². The molecule has 1 heterocycles. The fourth-order valence-corrected chi connectivity index (χ4v) is 3.19. The summed E-state index contributed by atoms with van der Waals surface area (Å²) in [7, 11) is 0. The molecule has 4 nitrogen and oxygen atoms in total. The van der Waals surface area contributed by atoms with Crippen LogP contribution in [0.3, 0.4) is 0 Å². The standard InChI is InChI=1S/C21H28N4/c1-5-24(6-2)18-13-11-17(12-14-18)22-21-23-19-9-7-8-10-20(19)25(21)15-16(3)4/h7-14,16H,5-6,15H2,1-4H3,(H,22,23). The highest BCUT2D eigenvalue weighted by molar-refractivity contribution is 5.79. The van der Waals surface area contributed by atoms with Crippen LogP contribution in [0, 0.1) is 5.92 Å². The Bertz CT molecular complexity index is 814. The van der Waals surface area contributed by atoms with Gasteiger partial charge < -0.3 is 14.8 Å². The van der Waals surface area contributed by atoms with E-state index in [-0.39, 0.29) is 0 Å². The number of anilines is 3. The molecule has 0 unspecified atom stereocenters. The summed E-state index contributed by atoms with van der Waals surface area (Å²) in [6.45, 7) is 11.8. The molecule has 2 aromatic carbocycles. The first kappa shape index (κ1) is 17.3. The maximum atomic E-state index is 4.79.